The van der Waals surface area contributed by atoms with Gasteiger partial charge in [0.05, 0.1) is 17.2 Å². The number of hydrogen-bond acceptors (Lipinski definition) is 8. The summed E-state index contributed by atoms with van der Waals surface area (Å²) in [5.41, 5.74) is 1.49. The van der Waals surface area contributed by atoms with Crippen LogP contribution < -0.4 is 10.7 Å². The van der Waals surface area contributed by atoms with Crippen molar-refractivity contribution in [3.63, 3.8) is 0 Å². The largest absolute Gasteiger partial charge is 0.450 e. The molecule has 2 N–H and O–H groups in total. The average Bonchev–Trinajstić information content (AvgIpc) is 2.49. The molecule has 0 aromatic heterocycles. The predicted molar refractivity (Wildman–Crippen MR) is 76.0 cm³/mol. The SMILES string of the molecule is CCOC(=O)Nc1ccc(NN=C(C#N)C#N)c([N+](=O)[O-])c1. The van der Waals surface area contributed by atoms with Gasteiger partial charge in [0.15, 0.2) is 0 Å². The molecule has 0 heterocycles. The molecular formula is C12H10N6O4. The number of nitrogens with one attached hydrogen (secondary N) is 2. The molecule has 22 heavy (non-hydrogen) atoms. The molecule has 0 aliphatic heterocycles. The third kappa shape index (κ3) is 4.47. The van der Waals surface area contributed by atoms with E-state index in [-0.39, 0.29) is 18.0 Å². The van der Waals surface area contributed by atoms with Gasteiger partial charge in [-0.1, -0.05) is 0 Å². The number of rotatable bonds is 5. The van der Waals surface area contributed by atoms with Crippen LogP contribution in [0.2, 0.25) is 0 Å². The number of nitro groups is 1. The standard InChI is InChI=1S/C12H10N6O4/c1-2-22-12(19)15-8-3-4-10(11(5-8)18(20)21)17-16-9(6-13)7-14/h3-5,17H,2H2,1H3,(H,15,19). The third-order valence-corrected chi connectivity index (χ3v) is 2.22. The summed E-state index contributed by atoms with van der Waals surface area (Å²) >= 11 is 0. The number of ether oxygens (including phenoxy) is 1. The first-order valence-electron chi connectivity index (χ1n) is 5.88. The maximum Gasteiger partial charge on any atom is 0.411 e. The van der Waals surface area contributed by atoms with Crippen molar-refractivity contribution >= 4 is 28.9 Å². The second kappa shape index (κ2) is 7.81. The smallest absolute Gasteiger partial charge is 0.411 e. The summed E-state index contributed by atoms with van der Waals surface area (Å²) in [6, 6.07) is 6.75. The minimum absolute atomic E-state index is 0.0394. The van der Waals surface area contributed by atoms with Crippen molar-refractivity contribution in [2.24, 2.45) is 5.10 Å². The molecule has 0 bridgehead atoms. The van der Waals surface area contributed by atoms with E-state index in [1.807, 2.05) is 0 Å². The zero-order chi connectivity index (χ0) is 16.5. The third-order valence-electron chi connectivity index (χ3n) is 2.22. The topological polar surface area (TPSA) is 153 Å². The number of carbonyl (C=O) groups excluding carboxylic acids is 1. The number of nitro benzene ring substituents is 1. The van der Waals surface area contributed by atoms with E-state index in [0.29, 0.717) is 0 Å². The highest BCUT2D eigenvalue weighted by molar-refractivity contribution is 6.10. The van der Waals surface area contributed by atoms with Crippen molar-refractivity contribution in [2.45, 2.75) is 6.92 Å². The van der Waals surface area contributed by atoms with E-state index in [4.69, 9.17) is 10.5 Å². The molecule has 0 aliphatic rings. The number of nitrogens with zero attached hydrogens (tertiary/aromatic N) is 4. The number of nitriles is 2. The summed E-state index contributed by atoms with van der Waals surface area (Å²) in [4.78, 5) is 21.6. The molecule has 0 fully saturated rings. The molecule has 10 nitrogen and oxygen atoms in total. The van der Waals surface area contributed by atoms with Gasteiger partial charge in [-0.2, -0.15) is 15.6 Å². The van der Waals surface area contributed by atoms with Gasteiger partial charge < -0.3 is 4.74 Å². The molecule has 112 valence electrons. The van der Waals surface area contributed by atoms with E-state index in [1.165, 1.54) is 24.3 Å². The van der Waals surface area contributed by atoms with Crippen LogP contribution in [-0.2, 0) is 4.74 Å². The van der Waals surface area contributed by atoms with Crippen LogP contribution in [0.15, 0.2) is 23.3 Å². The molecule has 0 radical (unpaired) electrons. The number of hydrazone groups is 1. The van der Waals surface area contributed by atoms with E-state index >= 15 is 0 Å². The van der Waals surface area contributed by atoms with Crippen LogP contribution in [0.1, 0.15) is 6.92 Å². The molecule has 0 atom stereocenters. The minimum Gasteiger partial charge on any atom is -0.450 e. The maximum atomic E-state index is 11.3. The van der Waals surface area contributed by atoms with Crippen LogP contribution in [-0.4, -0.2) is 23.3 Å². The Morgan fingerprint density at radius 1 is 1.45 bits per heavy atom. The van der Waals surface area contributed by atoms with Crippen LogP contribution in [0.5, 0.6) is 0 Å². The van der Waals surface area contributed by atoms with Gasteiger partial charge in [-0.25, -0.2) is 4.79 Å². The van der Waals surface area contributed by atoms with Crippen molar-refractivity contribution in [3.05, 3.63) is 28.3 Å². The van der Waals surface area contributed by atoms with E-state index in [2.05, 4.69) is 20.6 Å². The Hall–Kier alpha value is -3.66. The van der Waals surface area contributed by atoms with Gasteiger partial charge in [-0.05, 0) is 19.1 Å². The highest BCUT2D eigenvalue weighted by Gasteiger charge is 2.16. The second-order valence-corrected chi connectivity index (χ2v) is 3.63. The Morgan fingerprint density at radius 2 is 2.14 bits per heavy atom. The zero-order valence-corrected chi connectivity index (χ0v) is 11.4. The highest BCUT2D eigenvalue weighted by atomic mass is 16.6. The molecule has 0 aliphatic carbocycles. The van der Waals surface area contributed by atoms with Crippen LogP contribution in [0.25, 0.3) is 0 Å². The number of carbonyl (C=O) groups is 1. The Balaban J connectivity index is 3.04. The molecule has 1 aromatic carbocycles. The number of hydrogen-bond donors (Lipinski definition) is 2. The summed E-state index contributed by atoms with van der Waals surface area (Å²) in [5, 5.41) is 33.8. The summed E-state index contributed by atoms with van der Waals surface area (Å²) in [5.74, 6) is 0. The molecular weight excluding hydrogens is 292 g/mol. The van der Waals surface area contributed by atoms with Gasteiger partial charge in [0, 0.05) is 6.07 Å². The van der Waals surface area contributed by atoms with E-state index in [0.717, 1.165) is 6.07 Å². The lowest BCUT2D eigenvalue weighted by Gasteiger charge is -2.07. The fourth-order valence-corrected chi connectivity index (χ4v) is 1.33. The quantitative estimate of drug-likeness (QED) is 0.478. The van der Waals surface area contributed by atoms with Crippen LogP contribution in [0.3, 0.4) is 0 Å². The number of anilines is 2. The van der Waals surface area contributed by atoms with Crippen molar-refractivity contribution in [3.8, 4) is 12.1 Å². The molecule has 1 rings (SSSR count). The van der Waals surface area contributed by atoms with Gasteiger partial charge in [-0.15, -0.1) is 0 Å². The first-order valence-corrected chi connectivity index (χ1v) is 5.88. The maximum absolute atomic E-state index is 11.3. The fraction of sp³-hybridized carbons (Fsp3) is 0.167. The van der Waals surface area contributed by atoms with Crippen molar-refractivity contribution in [2.75, 3.05) is 17.3 Å². The first-order chi connectivity index (χ1) is 10.5. The molecule has 1 aromatic rings. The first kappa shape index (κ1) is 16.4. The lowest BCUT2D eigenvalue weighted by molar-refractivity contribution is -0.383. The Morgan fingerprint density at radius 3 is 2.68 bits per heavy atom. The normalized spacial score (nSPS) is 8.86. The second-order valence-electron chi connectivity index (χ2n) is 3.63. The number of amides is 1. The zero-order valence-electron chi connectivity index (χ0n) is 11.4. The van der Waals surface area contributed by atoms with Crippen molar-refractivity contribution < 1.29 is 14.5 Å². The van der Waals surface area contributed by atoms with Gasteiger partial charge in [0.25, 0.3) is 5.69 Å². The molecule has 0 saturated carbocycles. The molecule has 0 unspecified atom stereocenters. The van der Waals surface area contributed by atoms with Crippen molar-refractivity contribution in [1.29, 1.82) is 10.5 Å². The lowest BCUT2D eigenvalue weighted by Crippen LogP contribution is -2.13. The van der Waals surface area contributed by atoms with Crippen LogP contribution >= 0.6 is 0 Å². The van der Waals surface area contributed by atoms with Crippen molar-refractivity contribution in [1.82, 2.24) is 0 Å². The fourth-order valence-electron chi connectivity index (χ4n) is 1.33. The Kier molecular flexibility index (Phi) is 5.82. The van der Waals surface area contributed by atoms with Gasteiger partial charge in [0.2, 0.25) is 5.71 Å². The summed E-state index contributed by atoms with van der Waals surface area (Å²) in [7, 11) is 0. The lowest BCUT2D eigenvalue weighted by atomic mass is 10.2. The summed E-state index contributed by atoms with van der Waals surface area (Å²) in [6.45, 7) is 1.78. The highest BCUT2D eigenvalue weighted by Crippen LogP contribution is 2.28. The van der Waals surface area contributed by atoms with E-state index < -0.39 is 22.4 Å². The molecule has 0 spiro atoms. The monoisotopic (exact) mass is 302 g/mol. The Labute approximate surface area is 124 Å². The summed E-state index contributed by atoms with van der Waals surface area (Å²) < 4.78 is 4.65. The van der Waals surface area contributed by atoms with E-state index in [9.17, 15) is 14.9 Å². The predicted octanol–water partition coefficient (Wildman–Crippen LogP) is 1.98. The van der Waals surface area contributed by atoms with Gasteiger partial charge >= 0.3 is 6.09 Å². The van der Waals surface area contributed by atoms with Crippen LogP contribution in [0.4, 0.5) is 21.9 Å². The Bertz CT molecular complexity index is 685. The molecule has 0 saturated heterocycles. The van der Waals surface area contributed by atoms with Gasteiger partial charge in [-0.3, -0.25) is 20.9 Å². The van der Waals surface area contributed by atoms with E-state index in [1.54, 1.807) is 6.92 Å². The van der Waals surface area contributed by atoms with Gasteiger partial charge in [0.1, 0.15) is 17.8 Å². The molecule has 10 heteroatoms. The molecule has 1 amide bonds. The number of benzene rings is 1. The van der Waals surface area contributed by atoms with Crippen LogP contribution in [0, 0.1) is 32.8 Å². The minimum atomic E-state index is -0.744. The summed E-state index contributed by atoms with van der Waals surface area (Å²) in [6.07, 6.45) is -0.744. The average molecular weight is 302 g/mol.